The number of carbonyl (C=O) groups is 4. The average Bonchev–Trinajstić information content (AvgIpc) is 3.01. The van der Waals surface area contributed by atoms with E-state index >= 15 is 0 Å². The van der Waals surface area contributed by atoms with Gasteiger partial charge in [-0.2, -0.15) is 0 Å². The molecule has 2 unspecified atom stereocenters. The van der Waals surface area contributed by atoms with Crippen molar-refractivity contribution in [1.29, 1.82) is 0 Å². The van der Waals surface area contributed by atoms with Crippen LogP contribution in [0.4, 0.5) is 14.5 Å². The molecule has 1 fully saturated rings. The number of carboxylic acid groups (broad SMARTS) is 1. The van der Waals surface area contributed by atoms with Crippen LogP contribution in [-0.2, 0) is 19.2 Å². The summed E-state index contributed by atoms with van der Waals surface area (Å²) in [4.78, 5) is 49.9. The summed E-state index contributed by atoms with van der Waals surface area (Å²) in [6.07, 6.45) is -2.27. The van der Waals surface area contributed by atoms with E-state index in [1.165, 1.54) is 72.1 Å². The van der Waals surface area contributed by atoms with Crippen molar-refractivity contribution in [3.05, 3.63) is 95.6 Å². The third-order valence-electron chi connectivity index (χ3n) is 6.94. The van der Waals surface area contributed by atoms with Gasteiger partial charge >= 0.3 is 5.97 Å². The molecule has 4 rings (SSSR count). The van der Waals surface area contributed by atoms with Crippen LogP contribution in [0.3, 0.4) is 0 Å². The van der Waals surface area contributed by atoms with E-state index in [0.29, 0.717) is 22.6 Å². The number of nitrogens with one attached hydrogen (secondary N) is 2. The summed E-state index contributed by atoms with van der Waals surface area (Å²) in [5, 5.41) is 32.9. The van der Waals surface area contributed by atoms with Crippen LogP contribution in [-0.4, -0.2) is 75.3 Å². The number of aliphatic carboxylic acids is 1. The van der Waals surface area contributed by atoms with Crippen LogP contribution in [0.5, 0.6) is 5.75 Å². The standard InChI is InChI=1S/C31H31F2N3O8S/c1-17(37)27(31(42)43)35-25(39)14-34-26(40)15-44-23-12-4-19(5-13-23)28-29(30(41)36(28)22-10-8-21(33)9-11-22)45-16-24(38)18-2-6-20(32)7-3-18/h2-13,17,24,27-29,37-38H,14-16H2,1H3,(H,34,40)(H,35,39)(H,42,43)/t17?,24?,27-,28+,29+/m0/s1. The van der Waals surface area contributed by atoms with Gasteiger partial charge in [0.15, 0.2) is 12.6 Å². The van der Waals surface area contributed by atoms with E-state index in [1.54, 1.807) is 24.3 Å². The maximum absolute atomic E-state index is 13.6. The lowest BCUT2D eigenvalue weighted by Gasteiger charge is -2.47. The van der Waals surface area contributed by atoms with Gasteiger partial charge in [0.25, 0.3) is 5.91 Å². The van der Waals surface area contributed by atoms with E-state index in [9.17, 15) is 38.2 Å². The number of aliphatic hydroxyl groups is 2. The fraction of sp³-hybridized carbons (Fsp3) is 0.290. The highest BCUT2D eigenvalue weighted by Gasteiger charge is 2.49. The predicted molar refractivity (Wildman–Crippen MR) is 160 cm³/mol. The van der Waals surface area contributed by atoms with Gasteiger partial charge in [-0.15, -0.1) is 11.8 Å². The largest absolute Gasteiger partial charge is 0.484 e. The molecule has 1 saturated heterocycles. The molecule has 0 spiro atoms. The summed E-state index contributed by atoms with van der Waals surface area (Å²) >= 11 is 1.24. The van der Waals surface area contributed by atoms with Gasteiger partial charge in [-0.05, 0) is 66.6 Å². The number of nitrogens with zero attached hydrogens (tertiary/aromatic N) is 1. The number of amides is 3. The SMILES string of the molecule is CC(O)[C@H](NC(=O)CNC(=O)COc1ccc([C@@H]2[C@@H](SCC(O)c3ccc(F)cc3)C(=O)N2c2ccc(F)cc2)cc1)C(=O)O. The van der Waals surface area contributed by atoms with Crippen LogP contribution in [0.15, 0.2) is 72.8 Å². The topological polar surface area (TPSA) is 166 Å². The van der Waals surface area contributed by atoms with Gasteiger partial charge in [0.2, 0.25) is 11.8 Å². The highest BCUT2D eigenvalue weighted by atomic mass is 32.2. The first kappa shape index (κ1) is 33.4. The second kappa shape index (κ2) is 15.0. The lowest BCUT2D eigenvalue weighted by molar-refractivity contribution is -0.144. The molecule has 5 atom stereocenters. The minimum absolute atomic E-state index is 0.167. The molecule has 1 aliphatic rings. The van der Waals surface area contributed by atoms with Gasteiger partial charge in [-0.3, -0.25) is 14.4 Å². The van der Waals surface area contributed by atoms with E-state index in [2.05, 4.69) is 10.6 Å². The average molecular weight is 644 g/mol. The van der Waals surface area contributed by atoms with Gasteiger partial charge < -0.3 is 35.6 Å². The molecular weight excluding hydrogens is 612 g/mol. The molecule has 3 aromatic rings. The molecule has 0 bridgehead atoms. The lowest BCUT2D eigenvalue weighted by Crippen LogP contribution is -2.57. The Labute approximate surface area is 261 Å². The molecule has 238 valence electrons. The first-order valence-corrected chi connectivity index (χ1v) is 14.8. The number of hydrogen-bond acceptors (Lipinski definition) is 8. The van der Waals surface area contributed by atoms with Crippen LogP contribution in [0.25, 0.3) is 0 Å². The summed E-state index contributed by atoms with van der Waals surface area (Å²) in [5.74, 6) is -3.51. The highest BCUT2D eigenvalue weighted by Crippen LogP contribution is 2.46. The molecule has 45 heavy (non-hydrogen) atoms. The van der Waals surface area contributed by atoms with Gasteiger partial charge in [-0.1, -0.05) is 24.3 Å². The number of benzene rings is 3. The number of aliphatic hydroxyl groups excluding tert-OH is 2. The number of carboxylic acids is 1. The first-order chi connectivity index (χ1) is 21.4. The Hall–Kier alpha value is -4.53. The smallest absolute Gasteiger partial charge is 0.328 e. The number of carbonyl (C=O) groups excluding carboxylic acids is 3. The zero-order valence-corrected chi connectivity index (χ0v) is 24.7. The Kier molecular flexibility index (Phi) is 11.1. The number of anilines is 1. The van der Waals surface area contributed by atoms with Crippen molar-refractivity contribution >= 4 is 41.1 Å². The van der Waals surface area contributed by atoms with Gasteiger partial charge in [0.1, 0.15) is 22.6 Å². The number of β-lactam (4-membered cyclic amide) rings is 1. The minimum Gasteiger partial charge on any atom is -0.484 e. The molecule has 0 aliphatic carbocycles. The van der Waals surface area contributed by atoms with E-state index in [-0.39, 0.29) is 11.7 Å². The van der Waals surface area contributed by atoms with E-state index in [1.807, 2.05) is 0 Å². The monoisotopic (exact) mass is 643 g/mol. The maximum atomic E-state index is 13.6. The summed E-state index contributed by atoms with van der Waals surface area (Å²) < 4.78 is 32.3. The van der Waals surface area contributed by atoms with Crippen molar-refractivity contribution in [2.45, 2.75) is 36.5 Å². The van der Waals surface area contributed by atoms with Crippen LogP contribution >= 0.6 is 11.8 Å². The molecule has 3 aromatic carbocycles. The molecule has 0 saturated carbocycles. The third kappa shape index (κ3) is 8.56. The number of hydrogen-bond donors (Lipinski definition) is 5. The van der Waals surface area contributed by atoms with Crippen molar-refractivity contribution in [3.8, 4) is 5.75 Å². The van der Waals surface area contributed by atoms with Crippen molar-refractivity contribution in [2.75, 3.05) is 23.8 Å². The molecule has 0 radical (unpaired) electrons. The fourth-order valence-electron chi connectivity index (χ4n) is 4.57. The van der Waals surface area contributed by atoms with Gasteiger partial charge in [-0.25, -0.2) is 13.6 Å². The van der Waals surface area contributed by atoms with Crippen LogP contribution in [0.2, 0.25) is 0 Å². The summed E-state index contributed by atoms with van der Waals surface area (Å²) in [6.45, 7) is 0.232. The number of thioether (sulfide) groups is 1. The van der Waals surface area contributed by atoms with Crippen LogP contribution < -0.4 is 20.3 Å². The van der Waals surface area contributed by atoms with Crippen molar-refractivity contribution < 1.29 is 48.0 Å². The number of ether oxygens (including phenoxy) is 1. The second-order valence-electron chi connectivity index (χ2n) is 10.2. The fourth-order valence-corrected chi connectivity index (χ4v) is 5.87. The predicted octanol–water partition coefficient (Wildman–Crippen LogP) is 2.33. The zero-order valence-electron chi connectivity index (χ0n) is 23.9. The van der Waals surface area contributed by atoms with Gasteiger partial charge in [0.05, 0.1) is 24.8 Å². The Morgan fingerprint density at radius 3 is 2.11 bits per heavy atom. The Morgan fingerprint density at radius 1 is 0.933 bits per heavy atom. The summed E-state index contributed by atoms with van der Waals surface area (Å²) in [7, 11) is 0. The van der Waals surface area contributed by atoms with E-state index in [0.717, 1.165) is 0 Å². The molecule has 1 heterocycles. The normalized spacial score (nSPS) is 17.9. The second-order valence-corrected chi connectivity index (χ2v) is 11.4. The number of rotatable bonds is 14. The molecule has 5 N–H and O–H groups in total. The summed E-state index contributed by atoms with van der Waals surface area (Å²) in [6, 6.07) is 15.6. The highest BCUT2D eigenvalue weighted by molar-refractivity contribution is 8.00. The molecule has 11 nitrogen and oxygen atoms in total. The Morgan fingerprint density at radius 2 is 1.53 bits per heavy atom. The Bertz CT molecular complexity index is 1510. The van der Waals surface area contributed by atoms with E-state index in [4.69, 9.17) is 9.84 Å². The maximum Gasteiger partial charge on any atom is 0.328 e. The molecule has 1 aliphatic heterocycles. The number of halogens is 2. The molecule has 14 heteroatoms. The molecular formula is C31H31F2N3O8S. The van der Waals surface area contributed by atoms with Crippen LogP contribution in [0, 0.1) is 11.6 Å². The summed E-state index contributed by atoms with van der Waals surface area (Å²) in [5.41, 5.74) is 1.72. The van der Waals surface area contributed by atoms with Crippen molar-refractivity contribution in [1.82, 2.24) is 10.6 Å². The third-order valence-corrected chi connectivity index (χ3v) is 8.27. The lowest BCUT2D eigenvalue weighted by atomic mass is 9.92. The van der Waals surface area contributed by atoms with Crippen LogP contribution in [0.1, 0.15) is 30.2 Å². The molecule has 0 aromatic heterocycles. The van der Waals surface area contributed by atoms with E-state index < -0.39 is 72.1 Å². The van der Waals surface area contributed by atoms with Crippen molar-refractivity contribution in [2.24, 2.45) is 0 Å². The zero-order chi connectivity index (χ0) is 32.7. The first-order valence-electron chi connectivity index (χ1n) is 13.8. The minimum atomic E-state index is -1.52. The quantitative estimate of drug-likeness (QED) is 0.166. The van der Waals surface area contributed by atoms with Gasteiger partial charge in [0, 0.05) is 11.4 Å². The van der Waals surface area contributed by atoms with Crippen molar-refractivity contribution in [3.63, 3.8) is 0 Å². The molecule has 3 amide bonds. The Balaban J connectivity index is 1.37.